The molecule has 7 nitrogen and oxygen atoms in total. The fourth-order valence-electron chi connectivity index (χ4n) is 3.35. The number of methoxy groups -OCH3 is 1. The lowest BCUT2D eigenvalue weighted by Gasteiger charge is -2.45. The van der Waals surface area contributed by atoms with Gasteiger partial charge in [-0.05, 0) is 42.0 Å². The van der Waals surface area contributed by atoms with Crippen molar-refractivity contribution in [2.24, 2.45) is 5.92 Å². The summed E-state index contributed by atoms with van der Waals surface area (Å²) < 4.78 is 59.2. The molecular formula is C20H16F4N2O5. The second-order valence-electron chi connectivity index (χ2n) is 6.80. The first-order valence-electron chi connectivity index (χ1n) is 8.84. The Hall–Kier alpha value is -3.47. The summed E-state index contributed by atoms with van der Waals surface area (Å²) >= 11 is 0. The van der Waals surface area contributed by atoms with Gasteiger partial charge in [-0.2, -0.15) is 13.2 Å². The van der Waals surface area contributed by atoms with Gasteiger partial charge in [0.15, 0.2) is 5.78 Å². The van der Waals surface area contributed by atoms with Crippen molar-refractivity contribution in [3.8, 4) is 0 Å². The van der Waals surface area contributed by atoms with Gasteiger partial charge in [-0.1, -0.05) is 12.1 Å². The van der Waals surface area contributed by atoms with Crippen molar-refractivity contribution in [3.63, 3.8) is 0 Å². The topological polar surface area (TPSA) is 105 Å². The lowest BCUT2D eigenvalue weighted by atomic mass is 9.77. The van der Waals surface area contributed by atoms with Gasteiger partial charge in [0.1, 0.15) is 11.7 Å². The van der Waals surface area contributed by atoms with E-state index in [4.69, 9.17) is 0 Å². The summed E-state index contributed by atoms with van der Waals surface area (Å²) in [6.45, 7) is 0. The molecule has 1 heterocycles. The fourth-order valence-corrected chi connectivity index (χ4v) is 3.35. The third-order valence-corrected chi connectivity index (χ3v) is 4.91. The normalized spacial score (nSPS) is 23.5. The first-order chi connectivity index (χ1) is 14.5. The van der Waals surface area contributed by atoms with Crippen molar-refractivity contribution in [1.82, 2.24) is 10.6 Å². The van der Waals surface area contributed by atoms with Crippen LogP contribution >= 0.6 is 0 Å². The SMILES string of the molecule is COC(=O)c1ccc([C@H]2NC(=O)N[C@@](O)(C(F)(F)F)[C@@H]2C(=O)c2ccc(F)cc2)cc1. The van der Waals surface area contributed by atoms with E-state index in [1.165, 1.54) is 29.6 Å². The van der Waals surface area contributed by atoms with Crippen LogP contribution in [0.4, 0.5) is 22.4 Å². The van der Waals surface area contributed by atoms with E-state index >= 15 is 0 Å². The van der Waals surface area contributed by atoms with Gasteiger partial charge < -0.3 is 20.5 Å². The van der Waals surface area contributed by atoms with Crippen molar-refractivity contribution < 1.29 is 41.8 Å². The molecule has 0 spiro atoms. The van der Waals surface area contributed by atoms with Crippen LogP contribution in [0.3, 0.4) is 0 Å². The number of urea groups is 1. The maximum atomic E-state index is 13.8. The highest BCUT2D eigenvalue weighted by molar-refractivity contribution is 6.00. The van der Waals surface area contributed by atoms with E-state index in [9.17, 15) is 37.1 Å². The summed E-state index contributed by atoms with van der Waals surface area (Å²) in [5.41, 5.74) is -4.11. The number of carbonyl (C=O) groups excluding carboxylic acids is 3. The number of benzene rings is 2. The van der Waals surface area contributed by atoms with Crippen molar-refractivity contribution in [3.05, 3.63) is 71.0 Å². The van der Waals surface area contributed by atoms with E-state index in [0.29, 0.717) is 0 Å². The minimum absolute atomic E-state index is 0.0191. The average molecular weight is 440 g/mol. The zero-order valence-corrected chi connectivity index (χ0v) is 15.9. The molecule has 3 rings (SSSR count). The molecule has 0 aliphatic carbocycles. The van der Waals surface area contributed by atoms with E-state index in [-0.39, 0.29) is 16.7 Å². The monoisotopic (exact) mass is 440 g/mol. The number of esters is 1. The van der Waals surface area contributed by atoms with Crippen molar-refractivity contribution in [1.29, 1.82) is 0 Å². The Balaban J connectivity index is 2.12. The summed E-state index contributed by atoms with van der Waals surface area (Å²) in [5, 5.41) is 14.1. The summed E-state index contributed by atoms with van der Waals surface area (Å²) in [4.78, 5) is 36.6. The Kier molecular flexibility index (Phi) is 5.72. The molecule has 2 amide bonds. The second kappa shape index (κ2) is 7.99. The molecule has 0 radical (unpaired) electrons. The van der Waals surface area contributed by atoms with Gasteiger partial charge in [-0.25, -0.2) is 14.0 Å². The lowest BCUT2D eigenvalue weighted by Crippen LogP contribution is -2.72. The van der Waals surface area contributed by atoms with E-state index < -0.39 is 47.5 Å². The first-order valence-corrected chi connectivity index (χ1v) is 8.84. The molecule has 31 heavy (non-hydrogen) atoms. The number of nitrogens with one attached hydrogen (secondary N) is 2. The molecule has 3 atom stereocenters. The van der Waals surface area contributed by atoms with Crippen LogP contribution in [0, 0.1) is 11.7 Å². The van der Waals surface area contributed by atoms with Crippen LogP contribution in [0.15, 0.2) is 48.5 Å². The fraction of sp³-hybridized carbons (Fsp3) is 0.250. The zero-order chi connectivity index (χ0) is 23.0. The van der Waals surface area contributed by atoms with Crippen molar-refractivity contribution in [2.75, 3.05) is 7.11 Å². The number of halogens is 4. The van der Waals surface area contributed by atoms with Crippen LogP contribution in [0.5, 0.6) is 0 Å². The minimum Gasteiger partial charge on any atom is -0.465 e. The number of aliphatic hydroxyl groups is 1. The molecule has 1 aliphatic rings. The molecule has 2 aromatic rings. The van der Waals surface area contributed by atoms with Crippen LogP contribution < -0.4 is 10.6 Å². The number of ether oxygens (including phenoxy) is 1. The number of ketones is 1. The molecule has 1 aliphatic heterocycles. The molecule has 0 aromatic heterocycles. The van der Waals surface area contributed by atoms with Crippen LogP contribution in [0.2, 0.25) is 0 Å². The van der Waals surface area contributed by atoms with Gasteiger partial charge in [-0.15, -0.1) is 0 Å². The van der Waals surface area contributed by atoms with E-state index in [2.05, 4.69) is 10.1 Å². The average Bonchev–Trinajstić information content (AvgIpc) is 2.72. The Morgan fingerprint density at radius 1 is 1.03 bits per heavy atom. The van der Waals surface area contributed by atoms with Crippen LogP contribution in [-0.2, 0) is 4.74 Å². The molecule has 2 aromatic carbocycles. The number of alkyl halides is 3. The van der Waals surface area contributed by atoms with E-state index in [0.717, 1.165) is 31.4 Å². The molecule has 11 heteroatoms. The molecule has 3 N–H and O–H groups in total. The highest BCUT2D eigenvalue weighted by Gasteiger charge is 2.66. The molecule has 164 valence electrons. The Labute approximate surface area is 173 Å². The summed E-state index contributed by atoms with van der Waals surface area (Å²) in [6.07, 6.45) is -5.42. The molecule has 0 saturated carbocycles. The van der Waals surface area contributed by atoms with Crippen LogP contribution in [0.1, 0.15) is 32.3 Å². The third kappa shape index (κ3) is 4.08. The standard InChI is InChI=1S/C20H16F4N2O5/c1-31-17(28)12-4-2-10(3-5-12)15-14(16(27)11-6-8-13(21)9-7-11)19(30,20(22,23)24)26-18(29)25-15/h2-9,14-15,30H,1H3,(H2,25,26,29)/t14-,15+,19-/m0/s1. The van der Waals surface area contributed by atoms with Gasteiger partial charge in [-0.3, -0.25) is 4.79 Å². The lowest BCUT2D eigenvalue weighted by molar-refractivity contribution is -0.287. The van der Waals surface area contributed by atoms with E-state index in [1.54, 1.807) is 0 Å². The van der Waals surface area contributed by atoms with Gasteiger partial charge in [0.2, 0.25) is 5.72 Å². The van der Waals surface area contributed by atoms with Gasteiger partial charge in [0.25, 0.3) is 0 Å². The maximum Gasteiger partial charge on any atom is 0.437 e. The summed E-state index contributed by atoms with van der Waals surface area (Å²) in [6, 6.07) is 5.67. The summed E-state index contributed by atoms with van der Waals surface area (Å²) in [5.74, 6) is -4.87. The van der Waals surface area contributed by atoms with Crippen molar-refractivity contribution >= 4 is 17.8 Å². The minimum atomic E-state index is -5.42. The van der Waals surface area contributed by atoms with Crippen molar-refractivity contribution in [2.45, 2.75) is 17.9 Å². The van der Waals surface area contributed by atoms with Gasteiger partial charge in [0, 0.05) is 5.56 Å². The predicted molar refractivity (Wildman–Crippen MR) is 97.4 cm³/mol. The highest BCUT2D eigenvalue weighted by atomic mass is 19.4. The Morgan fingerprint density at radius 3 is 2.10 bits per heavy atom. The molecule has 0 bridgehead atoms. The number of Topliss-reactive ketones (excluding diaryl/α,β-unsaturated/α-hetero) is 1. The number of hydrogen-bond acceptors (Lipinski definition) is 5. The van der Waals surface area contributed by atoms with Crippen LogP contribution in [-0.4, -0.2) is 41.9 Å². The molecular weight excluding hydrogens is 424 g/mol. The highest BCUT2D eigenvalue weighted by Crippen LogP contribution is 2.44. The zero-order valence-electron chi connectivity index (χ0n) is 15.9. The number of carbonyl (C=O) groups is 3. The molecule has 0 unspecified atom stereocenters. The predicted octanol–water partition coefficient (Wildman–Crippen LogP) is 2.72. The number of amides is 2. The molecule has 1 fully saturated rings. The maximum absolute atomic E-state index is 13.8. The number of rotatable bonds is 4. The largest absolute Gasteiger partial charge is 0.465 e. The van der Waals surface area contributed by atoms with Crippen LogP contribution in [0.25, 0.3) is 0 Å². The second-order valence-corrected chi connectivity index (χ2v) is 6.80. The first kappa shape index (κ1) is 22.2. The number of hydrogen-bond donors (Lipinski definition) is 3. The quantitative estimate of drug-likeness (QED) is 0.385. The smallest absolute Gasteiger partial charge is 0.437 e. The summed E-state index contributed by atoms with van der Waals surface area (Å²) in [7, 11) is 1.14. The van der Waals surface area contributed by atoms with E-state index in [1.807, 2.05) is 0 Å². The Bertz CT molecular complexity index is 1010. The van der Waals surface area contributed by atoms with Gasteiger partial charge in [0.05, 0.1) is 18.7 Å². The van der Waals surface area contributed by atoms with Gasteiger partial charge >= 0.3 is 18.2 Å². The molecule has 1 saturated heterocycles. The Morgan fingerprint density at radius 2 is 1.58 bits per heavy atom. The third-order valence-electron chi connectivity index (χ3n) is 4.91.